The first-order valence-electron chi connectivity index (χ1n) is 3.90. The predicted molar refractivity (Wildman–Crippen MR) is 53.3 cm³/mol. The summed E-state index contributed by atoms with van der Waals surface area (Å²) in [6.07, 6.45) is 1.46. The van der Waals surface area contributed by atoms with Crippen LogP contribution in [0.5, 0.6) is 0 Å². The molecule has 13 heavy (non-hydrogen) atoms. The fraction of sp³-hybridized carbons (Fsp3) is 0.200. The predicted octanol–water partition coefficient (Wildman–Crippen LogP) is 2.97. The first-order valence-corrected chi connectivity index (χ1v) is 4.28. The lowest BCUT2D eigenvalue weighted by atomic mass is 10.0. The number of benzene rings is 1. The summed E-state index contributed by atoms with van der Waals surface area (Å²) in [4.78, 5) is 0. The van der Waals surface area contributed by atoms with Gasteiger partial charge in [0.2, 0.25) is 0 Å². The standard InChI is InChI=1S/C10H11ClFN/c1-3-8(13)9-7(11)5-4-6(2)10(9)12/h3-5,8H,1,13H2,2H3/t8-/m0/s1. The maximum atomic E-state index is 13.5. The van der Waals surface area contributed by atoms with Crippen molar-refractivity contribution in [3.8, 4) is 0 Å². The quantitative estimate of drug-likeness (QED) is 0.729. The minimum atomic E-state index is -0.549. The van der Waals surface area contributed by atoms with Crippen LogP contribution in [0.4, 0.5) is 4.39 Å². The fourth-order valence-corrected chi connectivity index (χ4v) is 1.37. The van der Waals surface area contributed by atoms with Crippen molar-refractivity contribution in [2.24, 2.45) is 5.73 Å². The smallest absolute Gasteiger partial charge is 0.132 e. The Morgan fingerprint density at radius 3 is 2.77 bits per heavy atom. The van der Waals surface area contributed by atoms with Gasteiger partial charge >= 0.3 is 0 Å². The third kappa shape index (κ3) is 1.90. The second kappa shape index (κ2) is 3.90. The normalized spacial score (nSPS) is 12.6. The third-order valence-corrected chi connectivity index (χ3v) is 2.24. The average molecular weight is 200 g/mol. The van der Waals surface area contributed by atoms with Gasteiger partial charge in [-0.15, -0.1) is 6.58 Å². The highest BCUT2D eigenvalue weighted by Crippen LogP contribution is 2.26. The summed E-state index contributed by atoms with van der Waals surface area (Å²) in [6, 6.07) is 2.71. The van der Waals surface area contributed by atoms with Crippen LogP contribution < -0.4 is 5.73 Å². The van der Waals surface area contributed by atoms with Crippen LogP contribution in [0, 0.1) is 12.7 Å². The molecule has 0 bridgehead atoms. The zero-order chi connectivity index (χ0) is 10.0. The van der Waals surface area contributed by atoms with E-state index in [1.165, 1.54) is 6.08 Å². The van der Waals surface area contributed by atoms with E-state index in [1.807, 2.05) is 0 Å². The van der Waals surface area contributed by atoms with E-state index in [1.54, 1.807) is 19.1 Å². The summed E-state index contributed by atoms with van der Waals surface area (Å²) < 4.78 is 13.5. The van der Waals surface area contributed by atoms with E-state index in [2.05, 4.69) is 6.58 Å². The second-order valence-electron chi connectivity index (χ2n) is 2.85. The van der Waals surface area contributed by atoms with Gasteiger partial charge in [0.05, 0.1) is 6.04 Å². The first kappa shape index (κ1) is 10.2. The molecular weight excluding hydrogens is 189 g/mol. The highest BCUT2D eigenvalue weighted by molar-refractivity contribution is 6.31. The zero-order valence-corrected chi connectivity index (χ0v) is 8.11. The summed E-state index contributed by atoms with van der Waals surface area (Å²) in [7, 11) is 0. The minimum Gasteiger partial charge on any atom is -0.321 e. The number of halogens is 2. The maximum Gasteiger partial charge on any atom is 0.132 e. The third-order valence-electron chi connectivity index (χ3n) is 1.91. The molecule has 0 spiro atoms. The van der Waals surface area contributed by atoms with Gasteiger partial charge in [0.25, 0.3) is 0 Å². The number of nitrogens with two attached hydrogens (primary N) is 1. The number of hydrogen-bond acceptors (Lipinski definition) is 1. The summed E-state index contributed by atoms with van der Waals surface area (Å²) in [5, 5.41) is 0.343. The van der Waals surface area contributed by atoms with Crippen LogP contribution in [0.3, 0.4) is 0 Å². The van der Waals surface area contributed by atoms with Crippen molar-refractivity contribution in [2.75, 3.05) is 0 Å². The molecular formula is C10H11ClFN. The summed E-state index contributed by atoms with van der Waals surface area (Å²) in [5.41, 5.74) is 6.48. The molecule has 0 radical (unpaired) electrons. The lowest BCUT2D eigenvalue weighted by Crippen LogP contribution is -2.10. The SMILES string of the molecule is C=C[C@H](N)c1c(Cl)ccc(C)c1F. The molecule has 0 unspecified atom stereocenters. The molecule has 0 amide bonds. The van der Waals surface area contributed by atoms with Gasteiger partial charge in [-0.3, -0.25) is 0 Å². The molecule has 0 aliphatic carbocycles. The van der Waals surface area contributed by atoms with Crippen molar-refractivity contribution in [2.45, 2.75) is 13.0 Å². The molecule has 0 heterocycles. The van der Waals surface area contributed by atoms with E-state index < -0.39 is 6.04 Å². The van der Waals surface area contributed by atoms with Crippen molar-refractivity contribution in [3.05, 3.63) is 46.8 Å². The van der Waals surface area contributed by atoms with Gasteiger partial charge in [-0.05, 0) is 18.6 Å². The maximum absolute atomic E-state index is 13.5. The van der Waals surface area contributed by atoms with Crippen molar-refractivity contribution < 1.29 is 4.39 Å². The highest BCUT2D eigenvalue weighted by Gasteiger charge is 2.14. The van der Waals surface area contributed by atoms with Crippen LogP contribution in [-0.4, -0.2) is 0 Å². The van der Waals surface area contributed by atoms with E-state index in [0.717, 1.165) is 0 Å². The average Bonchev–Trinajstić information content (AvgIpc) is 2.12. The van der Waals surface area contributed by atoms with Crippen molar-refractivity contribution in [1.82, 2.24) is 0 Å². The zero-order valence-electron chi connectivity index (χ0n) is 7.35. The molecule has 0 aliphatic heterocycles. The number of hydrogen-bond donors (Lipinski definition) is 1. The second-order valence-corrected chi connectivity index (χ2v) is 3.26. The highest BCUT2D eigenvalue weighted by atomic mass is 35.5. The van der Waals surface area contributed by atoms with Gasteiger partial charge < -0.3 is 5.73 Å². The first-order chi connectivity index (χ1) is 6.07. The Bertz CT molecular complexity index is 336. The van der Waals surface area contributed by atoms with E-state index >= 15 is 0 Å². The van der Waals surface area contributed by atoms with Gasteiger partial charge in [0, 0.05) is 10.6 Å². The van der Waals surface area contributed by atoms with Crippen LogP contribution in [0.1, 0.15) is 17.2 Å². The van der Waals surface area contributed by atoms with E-state index in [9.17, 15) is 4.39 Å². The van der Waals surface area contributed by atoms with Gasteiger partial charge in [0.1, 0.15) is 5.82 Å². The Kier molecular flexibility index (Phi) is 3.07. The van der Waals surface area contributed by atoms with E-state index in [-0.39, 0.29) is 5.82 Å². The van der Waals surface area contributed by atoms with E-state index in [0.29, 0.717) is 16.1 Å². The summed E-state index contributed by atoms with van der Waals surface area (Å²) in [5.74, 6) is -0.347. The van der Waals surface area contributed by atoms with Gasteiger partial charge in [-0.1, -0.05) is 23.7 Å². The Balaban J connectivity index is 3.32. The molecule has 70 valence electrons. The molecule has 1 aromatic rings. The fourth-order valence-electron chi connectivity index (χ4n) is 1.10. The largest absolute Gasteiger partial charge is 0.321 e. The lowest BCUT2D eigenvalue weighted by Gasteiger charge is -2.11. The molecule has 2 N–H and O–H groups in total. The van der Waals surface area contributed by atoms with Crippen LogP contribution in [0.25, 0.3) is 0 Å². The molecule has 1 nitrogen and oxygen atoms in total. The Hall–Kier alpha value is -0.860. The molecule has 0 fully saturated rings. The molecule has 0 aromatic heterocycles. The monoisotopic (exact) mass is 199 g/mol. The topological polar surface area (TPSA) is 26.0 Å². The van der Waals surface area contributed by atoms with Gasteiger partial charge in [-0.25, -0.2) is 4.39 Å². The number of aryl methyl sites for hydroxylation is 1. The molecule has 1 rings (SSSR count). The summed E-state index contributed by atoms with van der Waals surface area (Å²) in [6.45, 7) is 5.17. The van der Waals surface area contributed by atoms with Crippen molar-refractivity contribution in [1.29, 1.82) is 0 Å². The lowest BCUT2D eigenvalue weighted by molar-refractivity contribution is 0.594. The summed E-state index contributed by atoms with van der Waals surface area (Å²) >= 11 is 5.81. The molecule has 0 saturated carbocycles. The van der Waals surface area contributed by atoms with Crippen LogP contribution >= 0.6 is 11.6 Å². The van der Waals surface area contributed by atoms with Crippen LogP contribution in [0.15, 0.2) is 24.8 Å². The van der Waals surface area contributed by atoms with Crippen LogP contribution in [0.2, 0.25) is 5.02 Å². The molecule has 0 saturated heterocycles. The van der Waals surface area contributed by atoms with Gasteiger partial charge in [-0.2, -0.15) is 0 Å². The van der Waals surface area contributed by atoms with E-state index in [4.69, 9.17) is 17.3 Å². The molecule has 3 heteroatoms. The Labute approximate surface area is 82.0 Å². The van der Waals surface area contributed by atoms with Gasteiger partial charge in [0.15, 0.2) is 0 Å². The Morgan fingerprint density at radius 2 is 2.23 bits per heavy atom. The van der Waals surface area contributed by atoms with Crippen molar-refractivity contribution >= 4 is 11.6 Å². The number of rotatable bonds is 2. The van der Waals surface area contributed by atoms with Crippen LogP contribution in [-0.2, 0) is 0 Å². The Morgan fingerprint density at radius 1 is 1.62 bits per heavy atom. The molecule has 1 atom stereocenters. The van der Waals surface area contributed by atoms with Crippen molar-refractivity contribution in [3.63, 3.8) is 0 Å². The molecule has 1 aromatic carbocycles. The minimum absolute atomic E-state index is 0.316. The molecule has 0 aliphatic rings.